The maximum absolute atomic E-state index is 9.06. The number of thiophene rings is 1. The van der Waals surface area contributed by atoms with E-state index in [4.69, 9.17) is 9.63 Å². The lowest BCUT2D eigenvalue weighted by atomic mass is 10.3. The van der Waals surface area contributed by atoms with Crippen LogP contribution in [-0.4, -0.2) is 45.9 Å². The van der Waals surface area contributed by atoms with Crippen LogP contribution in [0.15, 0.2) is 22.0 Å². The summed E-state index contributed by atoms with van der Waals surface area (Å²) >= 11 is 1.62. The number of hydrogen-bond donors (Lipinski definition) is 1. The summed E-state index contributed by atoms with van der Waals surface area (Å²) in [5.41, 5.74) is 0. The number of hydrogen-bond acceptors (Lipinski definition) is 6. The van der Waals surface area contributed by atoms with Crippen molar-refractivity contribution in [3.8, 4) is 10.7 Å². The normalized spacial score (nSPS) is 15.1. The highest BCUT2D eigenvalue weighted by molar-refractivity contribution is 7.13. The van der Waals surface area contributed by atoms with E-state index in [9.17, 15) is 0 Å². The molecule has 0 aromatic carbocycles. The molecule has 0 bridgehead atoms. The minimum atomic E-state index is 0.236. The predicted molar refractivity (Wildman–Crippen MR) is 77.6 cm³/mol. The van der Waals surface area contributed by atoms with Gasteiger partial charge in [-0.05, 0) is 37.3 Å². The molecule has 1 saturated carbocycles. The van der Waals surface area contributed by atoms with Gasteiger partial charge >= 0.3 is 0 Å². The number of rotatable bonds is 8. The average molecular weight is 293 g/mol. The summed E-state index contributed by atoms with van der Waals surface area (Å²) in [6.07, 6.45) is 4.32. The summed E-state index contributed by atoms with van der Waals surface area (Å²) in [7, 11) is 0. The molecule has 2 aromatic rings. The zero-order chi connectivity index (χ0) is 13.8. The monoisotopic (exact) mass is 293 g/mol. The maximum atomic E-state index is 9.06. The van der Waals surface area contributed by atoms with Crippen LogP contribution in [0.3, 0.4) is 0 Å². The second-order valence-electron chi connectivity index (χ2n) is 5.08. The molecular weight excluding hydrogens is 274 g/mol. The van der Waals surface area contributed by atoms with Crippen molar-refractivity contribution in [1.29, 1.82) is 0 Å². The van der Waals surface area contributed by atoms with Crippen molar-refractivity contribution in [1.82, 2.24) is 15.0 Å². The molecule has 0 unspecified atom stereocenters. The molecule has 20 heavy (non-hydrogen) atoms. The third kappa shape index (κ3) is 3.45. The van der Waals surface area contributed by atoms with E-state index in [2.05, 4.69) is 15.0 Å². The third-order valence-corrected chi connectivity index (χ3v) is 4.36. The molecule has 2 heterocycles. The Morgan fingerprint density at radius 3 is 3.00 bits per heavy atom. The van der Waals surface area contributed by atoms with Crippen molar-refractivity contribution in [2.45, 2.75) is 31.7 Å². The molecular formula is C14H19N3O2S. The third-order valence-electron chi connectivity index (χ3n) is 3.50. The van der Waals surface area contributed by atoms with Crippen LogP contribution in [0.2, 0.25) is 0 Å². The molecule has 0 radical (unpaired) electrons. The lowest BCUT2D eigenvalue weighted by Crippen LogP contribution is -2.30. The lowest BCUT2D eigenvalue weighted by Gasteiger charge is -2.19. The van der Waals surface area contributed by atoms with Crippen molar-refractivity contribution in [2.24, 2.45) is 0 Å². The number of aryl methyl sites for hydroxylation is 1. The summed E-state index contributed by atoms with van der Waals surface area (Å²) in [4.78, 5) is 7.82. The molecule has 0 aliphatic heterocycles. The molecule has 1 fully saturated rings. The van der Waals surface area contributed by atoms with Gasteiger partial charge in [0.25, 0.3) is 0 Å². The number of nitrogens with zero attached hydrogens (tertiary/aromatic N) is 3. The van der Waals surface area contributed by atoms with E-state index in [1.807, 2.05) is 17.5 Å². The number of aromatic nitrogens is 2. The molecule has 6 heteroatoms. The Hall–Kier alpha value is -1.24. The van der Waals surface area contributed by atoms with Crippen LogP contribution in [0.4, 0.5) is 0 Å². The first-order valence-electron chi connectivity index (χ1n) is 7.08. The van der Waals surface area contributed by atoms with Gasteiger partial charge in [0, 0.05) is 19.0 Å². The summed E-state index contributed by atoms with van der Waals surface area (Å²) in [5.74, 6) is 1.39. The van der Waals surface area contributed by atoms with Gasteiger partial charge in [-0.15, -0.1) is 11.3 Å². The van der Waals surface area contributed by atoms with E-state index in [0.717, 1.165) is 30.8 Å². The highest BCUT2D eigenvalue weighted by Crippen LogP contribution is 2.26. The molecule has 2 aromatic heterocycles. The Balaban J connectivity index is 1.48. The molecule has 108 valence electrons. The molecule has 0 saturated heterocycles. The van der Waals surface area contributed by atoms with Gasteiger partial charge in [0.2, 0.25) is 11.7 Å². The molecule has 0 amide bonds. The SMILES string of the molecule is OCCN(CCCc1nc(-c2cccs2)no1)C1CC1. The van der Waals surface area contributed by atoms with E-state index < -0.39 is 0 Å². The first-order chi connectivity index (χ1) is 9.86. The molecule has 0 spiro atoms. The van der Waals surface area contributed by atoms with E-state index in [0.29, 0.717) is 17.8 Å². The fraction of sp³-hybridized carbons (Fsp3) is 0.571. The van der Waals surface area contributed by atoms with Crippen LogP contribution in [0, 0.1) is 0 Å². The van der Waals surface area contributed by atoms with E-state index in [-0.39, 0.29) is 6.61 Å². The van der Waals surface area contributed by atoms with Crippen LogP contribution < -0.4 is 0 Å². The van der Waals surface area contributed by atoms with E-state index in [1.54, 1.807) is 11.3 Å². The van der Waals surface area contributed by atoms with Gasteiger partial charge in [0.15, 0.2) is 0 Å². The molecule has 3 rings (SSSR count). The second kappa shape index (κ2) is 6.47. The van der Waals surface area contributed by atoms with Crippen LogP contribution in [0.5, 0.6) is 0 Å². The minimum absolute atomic E-state index is 0.236. The lowest BCUT2D eigenvalue weighted by molar-refractivity contribution is 0.186. The van der Waals surface area contributed by atoms with Crippen LogP contribution >= 0.6 is 11.3 Å². The van der Waals surface area contributed by atoms with Gasteiger partial charge in [0.05, 0.1) is 11.5 Å². The van der Waals surface area contributed by atoms with Crippen molar-refractivity contribution in [2.75, 3.05) is 19.7 Å². The standard InChI is InChI=1S/C14H19N3O2S/c18-9-8-17(11-5-6-11)7-1-4-13-15-14(16-19-13)12-3-2-10-20-12/h2-3,10-11,18H,1,4-9H2. The van der Waals surface area contributed by atoms with Crippen LogP contribution in [0.25, 0.3) is 10.7 Å². The highest BCUT2D eigenvalue weighted by Gasteiger charge is 2.27. The number of aliphatic hydroxyl groups is 1. The van der Waals surface area contributed by atoms with E-state index >= 15 is 0 Å². The highest BCUT2D eigenvalue weighted by atomic mass is 32.1. The van der Waals surface area contributed by atoms with Crippen molar-refractivity contribution in [3.05, 3.63) is 23.4 Å². The summed E-state index contributed by atoms with van der Waals surface area (Å²) in [5, 5.41) is 15.1. The topological polar surface area (TPSA) is 62.4 Å². The fourth-order valence-electron chi connectivity index (χ4n) is 2.34. The zero-order valence-electron chi connectivity index (χ0n) is 11.4. The fourth-order valence-corrected chi connectivity index (χ4v) is 2.99. The second-order valence-corrected chi connectivity index (χ2v) is 6.03. The Morgan fingerprint density at radius 2 is 2.30 bits per heavy atom. The van der Waals surface area contributed by atoms with Crippen molar-refractivity contribution < 1.29 is 9.63 Å². The van der Waals surface area contributed by atoms with E-state index in [1.165, 1.54) is 12.8 Å². The van der Waals surface area contributed by atoms with Crippen LogP contribution in [0.1, 0.15) is 25.2 Å². The average Bonchev–Trinajstić information content (AvgIpc) is 2.97. The molecule has 5 nitrogen and oxygen atoms in total. The van der Waals surface area contributed by atoms with Gasteiger partial charge in [-0.25, -0.2) is 0 Å². The van der Waals surface area contributed by atoms with Crippen molar-refractivity contribution in [3.63, 3.8) is 0 Å². The van der Waals surface area contributed by atoms with Gasteiger partial charge in [-0.1, -0.05) is 11.2 Å². The molecule has 1 N–H and O–H groups in total. The maximum Gasteiger partial charge on any atom is 0.227 e. The molecule has 1 aliphatic carbocycles. The Morgan fingerprint density at radius 1 is 1.40 bits per heavy atom. The molecule has 0 atom stereocenters. The Kier molecular flexibility index (Phi) is 4.44. The minimum Gasteiger partial charge on any atom is -0.395 e. The van der Waals surface area contributed by atoms with Crippen molar-refractivity contribution >= 4 is 11.3 Å². The first kappa shape index (κ1) is 13.7. The first-order valence-corrected chi connectivity index (χ1v) is 7.96. The largest absolute Gasteiger partial charge is 0.395 e. The Labute approximate surface area is 122 Å². The number of aliphatic hydroxyl groups excluding tert-OH is 1. The zero-order valence-corrected chi connectivity index (χ0v) is 12.2. The molecule has 1 aliphatic rings. The smallest absolute Gasteiger partial charge is 0.227 e. The van der Waals surface area contributed by atoms with Gasteiger partial charge < -0.3 is 9.63 Å². The van der Waals surface area contributed by atoms with Gasteiger partial charge in [0.1, 0.15) is 0 Å². The Bertz CT molecular complexity index is 522. The van der Waals surface area contributed by atoms with Gasteiger partial charge in [-0.3, -0.25) is 4.90 Å². The summed E-state index contributed by atoms with van der Waals surface area (Å²) in [6, 6.07) is 4.67. The summed E-state index contributed by atoms with van der Waals surface area (Å²) < 4.78 is 5.28. The summed E-state index contributed by atoms with van der Waals surface area (Å²) in [6.45, 7) is 2.00. The van der Waals surface area contributed by atoms with Crippen LogP contribution in [-0.2, 0) is 6.42 Å². The predicted octanol–water partition coefficient (Wildman–Crippen LogP) is 2.19. The van der Waals surface area contributed by atoms with Gasteiger partial charge in [-0.2, -0.15) is 4.98 Å². The quantitative estimate of drug-likeness (QED) is 0.808.